The molecule has 3 aromatic rings. The first-order valence-electron chi connectivity index (χ1n) is 7.90. The molecule has 0 aliphatic heterocycles. The Labute approximate surface area is 149 Å². The van der Waals surface area contributed by atoms with Crippen molar-refractivity contribution in [3.63, 3.8) is 0 Å². The molecular weight excluding hydrogens is 332 g/mol. The second-order valence-corrected chi connectivity index (χ2v) is 5.78. The van der Waals surface area contributed by atoms with Gasteiger partial charge in [-0.2, -0.15) is 0 Å². The van der Waals surface area contributed by atoms with Crippen LogP contribution in [0.15, 0.2) is 54.7 Å². The number of rotatable bonds is 4. The van der Waals surface area contributed by atoms with Crippen LogP contribution in [0, 0.1) is 24.0 Å². The third kappa shape index (κ3) is 3.72. The van der Waals surface area contributed by atoms with Crippen molar-refractivity contribution in [1.82, 2.24) is 9.97 Å². The van der Waals surface area contributed by atoms with Crippen LogP contribution >= 0.6 is 0 Å². The molecule has 2 aromatic carbocycles. The molecule has 0 radical (unpaired) electrons. The van der Waals surface area contributed by atoms with Gasteiger partial charge >= 0.3 is 0 Å². The fourth-order valence-electron chi connectivity index (χ4n) is 2.58. The summed E-state index contributed by atoms with van der Waals surface area (Å²) in [5.41, 5.74) is 3.01. The number of aryl methyl sites for hydroxylation is 2. The van der Waals surface area contributed by atoms with E-state index in [1.54, 1.807) is 25.3 Å². The molecule has 0 unspecified atom stereocenters. The molecule has 0 aliphatic carbocycles. The number of benzene rings is 2. The largest absolute Gasteiger partial charge is 0.322 e. The lowest BCUT2D eigenvalue weighted by Gasteiger charge is -2.08. The van der Waals surface area contributed by atoms with Crippen molar-refractivity contribution in [3.05, 3.63) is 81.8 Å². The van der Waals surface area contributed by atoms with Crippen LogP contribution in [0.25, 0.3) is 11.3 Å². The number of carbonyl (C=O) groups is 1. The Kier molecular flexibility index (Phi) is 4.70. The Bertz CT molecular complexity index is 1000. The van der Waals surface area contributed by atoms with Gasteiger partial charge in [-0.15, -0.1) is 0 Å². The molecule has 7 nitrogen and oxygen atoms in total. The molecule has 0 saturated heterocycles. The molecule has 7 heteroatoms. The molecular formula is C19H16N4O3. The maximum absolute atomic E-state index is 12.4. The minimum Gasteiger partial charge on any atom is -0.322 e. The highest BCUT2D eigenvalue weighted by Gasteiger charge is 2.14. The number of hydrogen-bond acceptors (Lipinski definition) is 5. The average molecular weight is 348 g/mol. The summed E-state index contributed by atoms with van der Waals surface area (Å²) in [7, 11) is 0. The van der Waals surface area contributed by atoms with Crippen molar-refractivity contribution in [3.8, 4) is 11.3 Å². The second kappa shape index (κ2) is 7.10. The Morgan fingerprint density at radius 2 is 1.92 bits per heavy atom. The second-order valence-electron chi connectivity index (χ2n) is 5.78. The van der Waals surface area contributed by atoms with Crippen LogP contribution in [-0.4, -0.2) is 20.8 Å². The predicted molar refractivity (Wildman–Crippen MR) is 98.0 cm³/mol. The van der Waals surface area contributed by atoms with Crippen LogP contribution in [0.2, 0.25) is 0 Å². The van der Waals surface area contributed by atoms with Crippen molar-refractivity contribution in [2.24, 2.45) is 0 Å². The Morgan fingerprint density at radius 1 is 1.12 bits per heavy atom. The first-order chi connectivity index (χ1) is 12.4. The summed E-state index contributed by atoms with van der Waals surface area (Å²) in [5.74, 6) is 0.331. The van der Waals surface area contributed by atoms with Gasteiger partial charge in [0.1, 0.15) is 5.82 Å². The molecule has 0 atom stereocenters. The van der Waals surface area contributed by atoms with Gasteiger partial charge in [0, 0.05) is 34.6 Å². The van der Waals surface area contributed by atoms with E-state index >= 15 is 0 Å². The normalized spacial score (nSPS) is 10.4. The molecule has 0 aliphatic rings. The van der Waals surface area contributed by atoms with Gasteiger partial charge in [0.25, 0.3) is 11.6 Å². The zero-order valence-electron chi connectivity index (χ0n) is 14.3. The van der Waals surface area contributed by atoms with Crippen LogP contribution in [0.3, 0.4) is 0 Å². The fraction of sp³-hybridized carbons (Fsp3) is 0.105. The topological polar surface area (TPSA) is 98.0 Å². The summed E-state index contributed by atoms with van der Waals surface area (Å²) in [6, 6.07) is 13.4. The summed E-state index contributed by atoms with van der Waals surface area (Å²) >= 11 is 0. The first-order valence-corrected chi connectivity index (χ1v) is 7.90. The van der Waals surface area contributed by atoms with Crippen molar-refractivity contribution < 1.29 is 9.72 Å². The number of nitrogens with one attached hydrogen (secondary N) is 1. The number of anilines is 1. The maximum Gasteiger partial charge on any atom is 0.272 e. The lowest BCUT2D eigenvalue weighted by Crippen LogP contribution is -2.12. The van der Waals surface area contributed by atoms with Crippen molar-refractivity contribution in [1.29, 1.82) is 0 Å². The Hall–Kier alpha value is -3.61. The minimum atomic E-state index is -0.468. The number of nitrogens with zero attached hydrogens (tertiary/aromatic N) is 3. The Balaban J connectivity index is 1.83. The summed E-state index contributed by atoms with van der Waals surface area (Å²) < 4.78 is 0. The molecule has 0 fully saturated rings. The highest BCUT2D eigenvalue weighted by molar-refractivity contribution is 6.04. The molecule has 1 aromatic heterocycles. The van der Waals surface area contributed by atoms with Gasteiger partial charge in [-0.1, -0.05) is 12.1 Å². The van der Waals surface area contributed by atoms with E-state index in [1.165, 1.54) is 18.2 Å². The minimum absolute atomic E-state index is 0.0114. The monoisotopic (exact) mass is 348 g/mol. The van der Waals surface area contributed by atoms with E-state index in [0.717, 1.165) is 11.3 Å². The van der Waals surface area contributed by atoms with Gasteiger partial charge in [0.2, 0.25) is 0 Å². The van der Waals surface area contributed by atoms with E-state index < -0.39 is 4.92 Å². The quantitative estimate of drug-likeness (QED) is 0.569. The third-order valence-corrected chi connectivity index (χ3v) is 3.85. The molecule has 0 spiro atoms. The van der Waals surface area contributed by atoms with E-state index in [-0.39, 0.29) is 11.6 Å². The summed E-state index contributed by atoms with van der Waals surface area (Å²) in [4.78, 5) is 31.3. The van der Waals surface area contributed by atoms with E-state index in [1.807, 2.05) is 25.1 Å². The van der Waals surface area contributed by atoms with Gasteiger partial charge in [0.15, 0.2) is 0 Å². The van der Waals surface area contributed by atoms with Crippen LogP contribution in [0.4, 0.5) is 11.4 Å². The predicted octanol–water partition coefficient (Wildman–Crippen LogP) is 3.92. The molecule has 3 rings (SSSR count). The van der Waals surface area contributed by atoms with Gasteiger partial charge in [-0.05, 0) is 44.2 Å². The maximum atomic E-state index is 12.4. The third-order valence-electron chi connectivity index (χ3n) is 3.85. The van der Waals surface area contributed by atoms with Gasteiger partial charge in [-0.3, -0.25) is 14.9 Å². The number of carbonyl (C=O) groups excluding carboxylic acids is 1. The highest BCUT2D eigenvalue weighted by atomic mass is 16.6. The zero-order valence-corrected chi connectivity index (χ0v) is 14.3. The van der Waals surface area contributed by atoms with E-state index in [9.17, 15) is 14.9 Å². The highest BCUT2D eigenvalue weighted by Crippen LogP contribution is 2.22. The van der Waals surface area contributed by atoms with Crippen LogP contribution in [0.5, 0.6) is 0 Å². The fourth-order valence-corrected chi connectivity index (χ4v) is 2.58. The van der Waals surface area contributed by atoms with E-state index in [4.69, 9.17) is 0 Å². The lowest BCUT2D eigenvalue weighted by molar-refractivity contribution is -0.385. The van der Waals surface area contributed by atoms with Crippen molar-refractivity contribution in [2.45, 2.75) is 13.8 Å². The van der Waals surface area contributed by atoms with Gasteiger partial charge < -0.3 is 5.32 Å². The molecule has 130 valence electrons. The molecule has 26 heavy (non-hydrogen) atoms. The van der Waals surface area contributed by atoms with Crippen molar-refractivity contribution >= 4 is 17.3 Å². The standard InChI is InChI=1S/C19H16N4O3/c1-12-10-15(6-7-18(12)23(25)26)19(24)22-16-5-3-4-14(11-16)17-8-9-20-13(2)21-17/h3-11H,1-2H3,(H,22,24). The lowest BCUT2D eigenvalue weighted by atomic mass is 10.1. The number of aromatic nitrogens is 2. The molecule has 1 N–H and O–H groups in total. The van der Waals surface area contributed by atoms with Crippen LogP contribution < -0.4 is 5.32 Å². The molecule has 1 heterocycles. The zero-order chi connectivity index (χ0) is 18.7. The van der Waals surface area contributed by atoms with Crippen LogP contribution in [0.1, 0.15) is 21.7 Å². The first kappa shape index (κ1) is 17.2. The summed E-state index contributed by atoms with van der Waals surface area (Å²) in [5, 5.41) is 13.7. The average Bonchev–Trinajstić information content (AvgIpc) is 2.61. The SMILES string of the molecule is Cc1nccc(-c2cccc(NC(=O)c3ccc([N+](=O)[O-])c(C)c3)c2)n1. The number of amides is 1. The number of nitro benzene ring substituents is 1. The summed E-state index contributed by atoms with van der Waals surface area (Å²) in [6.07, 6.45) is 1.68. The number of hydrogen-bond donors (Lipinski definition) is 1. The molecule has 0 saturated carbocycles. The van der Waals surface area contributed by atoms with E-state index in [0.29, 0.717) is 22.6 Å². The van der Waals surface area contributed by atoms with Gasteiger partial charge in [-0.25, -0.2) is 9.97 Å². The summed E-state index contributed by atoms with van der Waals surface area (Å²) in [6.45, 7) is 3.42. The van der Waals surface area contributed by atoms with Crippen LogP contribution in [-0.2, 0) is 0 Å². The van der Waals surface area contributed by atoms with Gasteiger partial charge in [0.05, 0.1) is 10.6 Å². The van der Waals surface area contributed by atoms with E-state index in [2.05, 4.69) is 15.3 Å². The Morgan fingerprint density at radius 3 is 2.62 bits per heavy atom. The molecule has 1 amide bonds. The van der Waals surface area contributed by atoms with Crippen molar-refractivity contribution in [2.75, 3.05) is 5.32 Å². The smallest absolute Gasteiger partial charge is 0.272 e. The molecule has 0 bridgehead atoms. The number of nitro groups is 1.